The summed E-state index contributed by atoms with van der Waals surface area (Å²) in [6.07, 6.45) is 4.71. The van der Waals surface area contributed by atoms with Crippen molar-refractivity contribution >= 4 is 11.9 Å². The molecule has 1 aliphatic rings. The molecule has 0 spiro atoms. The van der Waals surface area contributed by atoms with Gasteiger partial charge in [0.2, 0.25) is 5.91 Å². The van der Waals surface area contributed by atoms with Gasteiger partial charge in [-0.25, -0.2) is 9.18 Å². The van der Waals surface area contributed by atoms with Gasteiger partial charge in [0.25, 0.3) is 0 Å². The van der Waals surface area contributed by atoms with Crippen LogP contribution in [0.5, 0.6) is 0 Å². The van der Waals surface area contributed by atoms with Crippen molar-refractivity contribution in [2.75, 3.05) is 7.11 Å². The summed E-state index contributed by atoms with van der Waals surface area (Å²) in [4.78, 5) is 24.3. The van der Waals surface area contributed by atoms with Crippen molar-refractivity contribution in [1.82, 2.24) is 4.90 Å². The molecule has 1 amide bonds. The van der Waals surface area contributed by atoms with Gasteiger partial charge in [-0.1, -0.05) is 12.1 Å². The molecule has 1 heterocycles. The van der Waals surface area contributed by atoms with E-state index in [2.05, 4.69) is 4.74 Å². The van der Waals surface area contributed by atoms with Gasteiger partial charge in [0, 0.05) is 18.2 Å². The van der Waals surface area contributed by atoms with E-state index < -0.39 is 11.8 Å². The standard InChI is InChI=1S/C14H14FNO3/c1-19-14(18)10-5-6-11(12(15)8-10)9-16-7-3-2-4-13(16)17/h3,5-8H,2,4,9H2,1H3. The number of ether oxygens (including phenoxy) is 1. The molecule has 100 valence electrons. The maximum absolute atomic E-state index is 13.9. The fourth-order valence-electron chi connectivity index (χ4n) is 1.88. The molecule has 0 saturated carbocycles. The number of allylic oxidation sites excluding steroid dienone is 1. The first-order valence-electron chi connectivity index (χ1n) is 5.94. The third kappa shape index (κ3) is 2.99. The zero-order valence-corrected chi connectivity index (χ0v) is 10.6. The quantitative estimate of drug-likeness (QED) is 0.786. The van der Waals surface area contributed by atoms with Crippen LogP contribution in [0.1, 0.15) is 28.8 Å². The summed E-state index contributed by atoms with van der Waals surface area (Å²) in [5, 5.41) is 0. The lowest BCUT2D eigenvalue weighted by atomic mass is 10.1. The van der Waals surface area contributed by atoms with Crippen molar-refractivity contribution < 1.29 is 18.7 Å². The fraction of sp³-hybridized carbons (Fsp3) is 0.286. The van der Waals surface area contributed by atoms with Gasteiger partial charge in [-0.3, -0.25) is 4.79 Å². The highest BCUT2D eigenvalue weighted by Crippen LogP contribution is 2.17. The fourth-order valence-corrected chi connectivity index (χ4v) is 1.88. The Morgan fingerprint density at radius 2 is 2.26 bits per heavy atom. The predicted octanol–water partition coefficient (Wildman–Crippen LogP) is 2.25. The third-order valence-electron chi connectivity index (χ3n) is 2.95. The zero-order chi connectivity index (χ0) is 13.8. The van der Waals surface area contributed by atoms with Crippen LogP contribution in [0.15, 0.2) is 30.5 Å². The first-order valence-corrected chi connectivity index (χ1v) is 5.94. The highest BCUT2D eigenvalue weighted by molar-refractivity contribution is 5.89. The predicted molar refractivity (Wildman–Crippen MR) is 66.7 cm³/mol. The number of benzene rings is 1. The highest BCUT2D eigenvalue weighted by Gasteiger charge is 2.17. The number of halogens is 1. The molecule has 2 rings (SSSR count). The van der Waals surface area contributed by atoms with E-state index in [1.165, 1.54) is 24.1 Å². The summed E-state index contributed by atoms with van der Waals surface area (Å²) in [6.45, 7) is 0.169. The zero-order valence-electron chi connectivity index (χ0n) is 10.6. The van der Waals surface area contributed by atoms with E-state index in [1.54, 1.807) is 6.20 Å². The minimum absolute atomic E-state index is 0.0288. The second-order valence-corrected chi connectivity index (χ2v) is 4.24. The smallest absolute Gasteiger partial charge is 0.337 e. The Hall–Kier alpha value is -2.17. The van der Waals surface area contributed by atoms with Crippen molar-refractivity contribution in [3.63, 3.8) is 0 Å². The number of nitrogens with zero attached hydrogens (tertiary/aromatic N) is 1. The number of esters is 1. The molecule has 1 aliphatic heterocycles. The third-order valence-corrected chi connectivity index (χ3v) is 2.95. The van der Waals surface area contributed by atoms with Crippen molar-refractivity contribution in [2.45, 2.75) is 19.4 Å². The molecule has 5 heteroatoms. The Balaban J connectivity index is 2.17. The largest absolute Gasteiger partial charge is 0.465 e. The molecular weight excluding hydrogens is 249 g/mol. The summed E-state index contributed by atoms with van der Waals surface area (Å²) in [7, 11) is 1.24. The topological polar surface area (TPSA) is 46.6 Å². The van der Waals surface area contributed by atoms with Gasteiger partial charge in [0.15, 0.2) is 0 Å². The molecule has 0 aliphatic carbocycles. The van der Waals surface area contributed by atoms with Gasteiger partial charge in [0.1, 0.15) is 5.82 Å². The summed E-state index contributed by atoms with van der Waals surface area (Å²) < 4.78 is 18.4. The van der Waals surface area contributed by atoms with Gasteiger partial charge in [0.05, 0.1) is 19.2 Å². The molecule has 0 bridgehead atoms. The lowest BCUT2D eigenvalue weighted by Gasteiger charge is -2.21. The molecule has 0 unspecified atom stereocenters. The Kier molecular flexibility index (Phi) is 3.94. The van der Waals surface area contributed by atoms with Gasteiger partial charge >= 0.3 is 5.97 Å². The first kappa shape index (κ1) is 13.3. The van der Waals surface area contributed by atoms with Crippen LogP contribution in [-0.2, 0) is 16.1 Å². The number of carbonyl (C=O) groups is 2. The monoisotopic (exact) mass is 263 g/mol. The summed E-state index contributed by atoms with van der Waals surface area (Å²) in [5.74, 6) is -1.13. The minimum atomic E-state index is -0.584. The van der Waals surface area contributed by atoms with Crippen LogP contribution in [0.4, 0.5) is 4.39 Å². The number of rotatable bonds is 3. The lowest BCUT2D eigenvalue weighted by Crippen LogP contribution is -2.27. The Labute approximate surface area is 110 Å². The SMILES string of the molecule is COC(=O)c1ccc(CN2C=CCCC2=O)c(F)c1. The Morgan fingerprint density at radius 1 is 1.47 bits per heavy atom. The van der Waals surface area contributed by atoms with Gasteiger partial charge in [-0.15, -0.1) is 0 Å². The van der Waals surface area contributed by atoms with E-state index in [-0.39, 0.29) is 18.0 Å². The second kappa shape index (κ2) is 5.65. The molecule has 0 N–H and O–H groups in total. The average Bonchev–Trinajstić information content (AvgIpc) is 2.42. The molecular formula is C14H14FNO3. The molecule has 1 aromatic carbocycles. The number of hydrogen-bond acceptors (Lipinski definition) is 3. The Morgan fingerprint density at radius 3 is 2.89 bits per heavy atom. The lowest BCUT2D eigenvalue weighted by molar-refractivity contribution is -0.129. The molecule has 0 radical (unpaired) electrons. The van der Waals surface area contributed by atoms with Crippen LogP contribution in [0, 0.1) is 5.82 Å². The van der Waals surface area contributed by atoms with Crippen molar-refractivity contribution in [3.8, 4) is 0 Å². The highest BCUT2D eigenvalue weighted by atomic mass is 19.1. The molecule has 1 aromatic rings. The van der Waals surface area contributed by atoms with E-state index >= 15 is 0 Å². The summed E-state index contributed by atoms with van der Waals surface area (Å²) >= 11 is 0. The maximum Gasteiger partial charge on any atom is 0.337 e. The van der Waals surface area contributed by atoms with Crippen LogP contribution in [0.25, 0.3) is 0 Å². The van der Waals surface area contributed by atoms with E-state index in [0.29, 0.717) is 12.0 Å². The number of carbonyl (C=O) groups excluding carboxylic acids is 2. The summed E-state index contributed by atoms with van der Waals surface area (Å²) in [5.41, 5.74) is 0.525. The van der Waals surface area contributed by atoms with E-state index in [4.69, 9.17) is 0 Å². The number of methoxy groups -OCH3 is 1. The minimum Gasteiger partial charge on any atom is -0.465 e. The van der Waals surface area contributed by atoms with Crippen LogP contribution >= 0.6 is 0 Å². The summed E-state index contributed by atoms with van der Waals surface area (Å²) in [6, 6.07) is 4.11. The molecule has 0 aromatic heterocycles. The van der Waals surface area contributed by atoms with Crippen molar-refractivity contribution in [1.29, 1.82) is 0 Å². The normalized spacial score (nSPS) is 14.6. The molecule has 19 heavy (non-hydrogen) atoms. The second-order valence-electron chi connectivity index (χ2n) is 4.24. The first-order chi connectivity index (χ1) is 9.11. The average molecular weight is 263 g/mol. The van der Waals surface area contributed by atoms with Crippen LogP contribution in [0.2, 0.25) is 0 Å². The molecule has 4 nitrogen and oxygen atoms in total. The molecule has 0 atom stereocenters. The van der Waals surface area contributed by atoms with Crippen molar-refractivity contribution in [3.05, 3.63) is 47.4 Å². The van der Waals surface area contributed by atoms with Crippen LogP contribution in [-0.4, -0.2) is 23.9 Å². The van der Waals surface area contributed by atoms with Crippen LogP contribution < -0.4 is 0 Å². The van der Waals surface area contributed by atoms with Gasteiger partial charge in [-0.2, -0.15) is 0 Å². The van der Waals surface area contributed by atoms with Crippen molar-refractivity contribution in [2.24, 2.45) is 0 Å². The molecule has 0 saturated heterocycles. The van der Waals surface area contributed by atoms with E-state index in [9.17, 15) is 14.0 Å². The van der Waals surface area contributed by atoms with Gasteiger partial charge < -0.3 is 9.64 Å². The Bertz CT molecular complexity index is 539. The van der Waals surface area contributed by atoms with E-state index in [1.807, 2.05) is 6.08 Å². The number of amides is 1. The molecule has 0 fully saturated rings. The van der Waals surface area contributed by atoms with E-state index in [0.717, 1.165) is 12.5 Å². The maximum atomic E-state index is 13.9. The number of hydrogen-bond donors (Lipinski definition) is 0. The van der Waals surface area contributed by atoms with Gasteiger partial charge in [-0.05, 0) is 18.6 Å². The van der Waals surface area contributed by atoms with Crippen LogP contribution in [0.3, 0.4) is 0 Å².